The van der Waals surface area contributed by atoms with Gasteiger partial charge in [-0.1, -0.05) is 287 Å². The van der Waals surface area contributed by atoms with Gasteiger partial charge in [0.2, 0.25) is 0 Å². The molecule has 0 aromatic carbocycles. The molecule has 10 heteroatoms. The van der Waals surface area contributed by atoms with Crippen LogP contribution in [0.4, 0.5) is 0 Å². The Labute approximate surface area is 540 Å². The normalized spacial score (nSPS) is 14.2. The Morgan fingerprint density at radius 1 is 0.352 bits per heavy atom. The van der Waals surface area contributed by atoms with Crippen LogP contribution in [0.15, 0.2) is 170 Å². The Kier molecular flexibility index (Phi) is 63.3. The Balaban J connectivity index is 4.16. The summed E-state index contributed by atoms with van der Waals surface area (Å²) in [7, 11) is 1.44. The summed E-state index contributed by atoms with van der Waals surface area (Å²) in [4.78, 5) is 35.9. The zero-order valence-electron chi connectivity index (χ0n) is 56.6. The molecule has 88 heavy (non-hydrogen) atoms. The summed E-state index contributed by atoms with van der Waals surface area (Å²) in [6, 6.07) is 0. The van der Waals surface area contributed by atoms with Crippen molar-refractivity contribution in [2.75, 3.05) is 47.5 Å². The first kappa shape index (κ1) is 83.4. The van der Waals surface area contributed by atoms with Gasteiger partial charge in [-0.25, -0.2) is 4.57 Å². The summed E-state index contributed by atoms with van der Waals surface area (Å²) in [6.07, 6.45) is 102. The molecule has 0 rings (SSSR count). The monoisotopic (exact) mass is 1240 g/mol. The lowest BCUT2D eigenvalue weighted by Crippen LogP contribution is -2.37. The van der Waals surface area contributed by atoms with Gasteiger partial charge in [-0.3, -0.25) is 18.6 Å². The smallest absolute Gasteiger partial charge is 0.462 e. The molecule has 0 spiro atoms. The van der Waals surface area contributed by atoms with Crippen LogP contribution in [-0.2, 0) is 32.7 Å². The molecule has 0 aromatic rings. The predicted octanol–water partition coefficient (Wildman–Crippen LogP) is 22.9. The summed E-state index contributed by atoms with van der Waals surface area (Å²) in [5.41, 5.74) is 0. The van der Waals surface area contributed by atoms with E-state index in [0.717, 1.165) is 128 Å². The first-order chi connectivity index (χ1) is 43.0. The average Bonchev–Trinajstić information content (AvgIpc) is 3.68. The van der Waals surface area contributed by atoms with Gasteiger partial charge in [0.1, 0.15) is 19.8 Å². The summed E-state index contributed by atoms with van der Waals surface area (Å²) in [5, 5.41) is 0. The topological polar surface area (TPSA) is 108 Å². The summed E-state index contributed by atoms with van der Waals surface area (Å²) >= 11 is 0. The number of hydrogen-bond donors (Lipinski definition) is 1. The lowest BCUT2D eigenvalue weighted by atomic mass is 10.0. The van der Waals surface area contributed by atoms with E-state index in [1.807, 2.05) is 21.1 Å². The van der Waals surface area contributed by atoms with E-state index in [1.54, 1.807) is 0 Å². The maximum Gasteiger partial charge on any atom is 0.472 e. The number of carbonyl (C=O) groups is 2. The van der Waals surface area contributed by atoms with Crippen LogP contribution < -0.4 is 0 Å². The van der Waals surface area contributed by atoms with E-state index >= 15 is 0 Å². The number of quaternary nitrogens is 1. The number of ether oxygens (including phenoxy) is 2. The quantitative estimate of drug-likeness (QED) is 0.0211. The van der Waals surface area contributed by atoms with Crippen LogP contribution in [0.1, 0.15) is 258 Å². The Morgan fingerprint density at radius 3 is 0.920 bits per heavy atom. The molecule has 0 amide bonds. The molecular weight excluding hydrogens is 1110 g/mol. The third-order valence-electron chi connectivity index (χ3n) is 14.2. The van der Waals surface area contributed by atoms with Gasteiger partial charge < -0.3 is 18.9 Å². The molecule has 0 aromatic heterocycles. The Bertz CT molecular complexity index is 2090. The molecule has 0 aliphatic heterocycles. The second-order valence-corrected chi connectivity index (χ2v) is 25.3. The lowest BCUT2D eigenvalue weighted by molar-refractivity contribution is -0.870. The van der Waals surface area contributed by atoms with Crippen LogP contribution in [0.25, 0.3) is 0 Å². The van der Waals surface area contributed by atoms with Gasteiger partial charge in [0.15, 0.2) is 6.10 Å². The third kappa shape index (κ3) is 70.5. The SMILES string of the molecule is CC/C=C\C/C=C\C/C=C\C/C=C\C/C=C\C/C=C\C/C=C\C/C=C\C/C=C\CCCCCC(=O)OC(COC(=O)CCCCCCCCCCCCCCCCCCC/C=C\C/C=C\C/C=C\C/C=C\C/C=C\CC)COP(=O)(O)OCC[N+](C)(C)C. The molecule has 0 fully saturated rings. The van der Waals surface area contributed by atoms with Crippen molar-refractivity contribution in [2.24, 2.45) is 0 Å². The van der Waals surface area contributed by atoms with Gasteiger partial charge in [-0.05, 0) is 128 Å². The molecule has 1 N–H and O–H groups in total. The number of likely N-dealkylation sites (N-methyl/N-ethyl adjacent to an activating group) is 1. The second-order valence-electron chi connectivity index (χ2n) is 23.8. The zero-order chi connectivity index (χ0) is 64.1. The molecule has 9 nitrogen and oxygen atoms in total. The molecule has 2 atom stereocenters. The minimum Gasteiger partial charge on any atom is -0.462 e. The van der Waals surface area contributed by atoms with Gasteiger partial charge in [0, 0.05) is 12.8 Å². The maximum absolute atomic E-state index is 12.9. The highest BCUT2D eigenvalue weighted by molar-refractivity contribution is 7.47. The van der Waals surface area contributed by atoms with Crippen LogP contribution in [0.3, 0.4) is 0 Å². The van der Waals surface area contributed by atoms with Crippen molar-refractivity contribution in [3.05, 3.63) is 170 Å². The number of rotatable bonds is 62. The molecule has 0 bridgehead atoms. The largest absolute Gasteiger partial charge is 0.472 e. The van der Waals surface area contributed by atoms with Crippen molar-refractivity contribution in [3.8, 4) is 0 Å². The Morgan fingerprint density at radius 2 is 0.614 bits per heavy atom. The van der Waals surface area contributed by atoms with Crippen LogP contribution >= 0.6 is 7.82 Å². The van der Waals surface area contributed by atoms with E-state index in [2.05, 4.69) is 184 Å². The molecule has 498 valence electrons. The third-order valence-corrected chi connectivity index (χ3v) is 15.2. The first-order valence-electron chi connectivity index (χ1n) is 34.9. The number of allylic oxidation sites excluding steroid dienone is 28. The van der Waals surface area contributed by atoms with Crippen LogP contribution in [0.2, 0.25) is 0 Å². The molecule has 0 saturated carbocycles. The molecule has 0 saturated heterocycles. The molecule has 2 unspecified atom stereocenters. The van der Waals surface area contributed by atoms with Crippen LogP contribution in [-0.4, -0.2) is 74.9 Å². The summed E-state index contributed by atoms with van der Waals surface area (Å²) in [5.74, 6) is -0.843. The number of unbranched alkanes of at least 4 members (excludes halogenated alkanes) is 20. The van der Waals surface area contributed by atoms with Gasteiger partial charge in [0.25, 0.3) is 0 Å². The lowest BCUT2D eigenvalue weighted by Gasteiger charge is -2.24. The fourth-order valence-corrected chi connectivity index (χ4v) is 9.72. The summed E-state index contributed by atoms with van der Waals surface area (Å²) in [6.45, 7) is 4.16. The van der Waals surface area contributed by atoms with Crippen molar-refractivity contribution in [2.45, 2.75) is 264 Å². The standard InChI is InChI=1S/C78H128NO8P/c1-6-8-10-12-14-16-18-20-22-24-26-28-30-32-34-36-38-39-41-42-44-46-48-50-52-54-56-58-60-62-64-66-68-70-77(80)84-74-76(75-86-88(82,83)85-73-72-79(3,4)5)87-78(81)71-69-67-65-63-61-59-57-55-53-51-49-47-45-43-40-37-35-33-31-29-27-25-23-21-19-17-15-13-11-9-7-2/h8-11,14-17,20-23,26-29,32-35,40,43,47,49,53,55,59,61,76H,6-7,12-13,18-19,24-25,30-31,36-39,41-42,44-46,48,50-52,54,56-58,60,62-75H2,1-5H3/p+1/b10-8-,11-9-,16-14-,17-15-,22-20-,23-21-,28-26-,29-27-,34-32-,35-33-,43-40-,49-47-,55-53-,61-59-. The number of nitrogens with zero attached hydrogens (tertiary/aromatic N) is 1. The van der Waals surface area contributed by atoms with E-state index in [0.29, 0.717) is 17.4 Å². The number of phosphoric acid groups is 1. The van der Waals surface area contributed by atoms with E-state index in [9.17, 15) is 19.0 Å². The van der Waals surface area contributed by atoms with E-state index in [4.69, 9.17) is 18.5 Å². The number of phosphoric ester groups is 1. The maximum atomic E-state index is 12.9. The minimum atomic E-state index is -4.41. The number of carbonyl (C=O) groups excluding carboxylic acids is 2. The zero-order valence-corrected chi connectivity index (χ0v) is 57.5. The molecule has 0 radical (unpaired) electrons. The second kappa shape index (κ2) is 66.8. The van der Waals surface area contributed by atoms with Crippen molar-refractivity contribution in [3.63, 3.8) is 0 Å². The van der Waals surface area contributed by atoms with Gasteiger partial charge in [-0.15, -0.1) is 0 Å². The summed E-state index contributed by atoms with van der Waals surface area (Å²) < 4.78 is 34.7. The fraction of sp³-hybridized carbons (Fsp3) is 0.615. The predicted molar refractivity (Wildman–Crippen MR) is 380 cm³/mol. The molecule has 0 heterocycles. The number of esters is 2. The average molecular weight is 1240 g/mol. The van der Waals surface area contributed by atoms with Gasteiger partial charge in [-0.2, -0.15) is 0 Å². The van der Waals surface area contributed by atoms with Crippen molar-refractivity contribution in [1.82, 2.24) is 0 Å². The highest BCUT2D eigenvalue weighted by Gasteiger charge is 2.27. The molecule has 0 aliphatic carbocycles. The van der Waals surface area contributed by atoms with Crippen molar-refractivity contribution >= 4 is 19.8 Å². The van der Waals surface area contributed by atoms with E-state index < -0.39 is 26.5 Å². The fourth-order valence-electron chi connectivity index (χ4n) is 8.98. The van der Waals surface area contributed by atoms with E-state index in [1.165, 1.54) is 96.3 Å². The van der Waals surface area contributed by atoms with Gasteiger partial charge in [0.05, 0.1) is 27.7 Å². The molecular formula is C78H129NO8P+. The molecule has 0 aliphatic rings. The minimum absolute atomic E-state index is 0.0165. The highest BCUT2D eigenvalue weighted by Crippen LogP contribution is 2.43. The van der Waals surface area contributed by atoms with Crippen LogP contribution in [0.5, 0.6) is 0 Å². The van der Waals surface area contributed by atoms with Crippen molar-refractivity contribution < 1.29 is 42.1 Å². The highest BCUT2D eigenvalue weighted by atomic mass is 31.2. The number of hydrogen-bond acceptors (Lipinski definition) is 7. The van der Waals surface area contributed by atoms with E-state index in [-0.39, 0.29) is 32.0 Å². The van der Waals surface area contributed by atoms with Crippen molar-refractivity contribution in [1.29, 1.82) is 0 Å². The Hall–Kier alpha value is -4.63. The first-order valence-corrected chi connectivity index (χ1v) is 36.4. The van der Waals surface area contributed by atoms with Gasteiger partial charge >= 0.3 is 19.8 Å². The van der Waals surface area contributed by atoms with Crippen LogP contribution in [0, 0.1) is 0 Å².